The summed E-state index contributed by atoms with van der Waals surface area (Å²) in [4.78, 5) is 11.8. The van der Waals surface area contributed by atoms with Crippen LogP contribution in [0.25, 0.3) is 0 Å². The van der Waals surface area contributed by atoms with Crippen molar-refractivity contribution in [3.63, 3.8) is 0 Å². The molecule has 0 amide bonds. The number of likely N-dealkylation sites (tertiary alicyclic amines) is 1. The van der Waals surface area contributed by atoms with Gasteiger partial charge in [-0.15, -0.1) is 24.0 Å². The number of halogens is 1. The van der Waals surface area contributed by atoms with Gasteiger partial charge in [0, 0.05) is 38.6 Å². The standard InChI is InChI=1S/C22H33N5.HI/c1-4-23-22(25-15-21-24-11-13-26(21)16-18(2)3)27-12-10-20(17-27)14-19-8-6-5-7-9-19;/h5-9,11,13,18,20H,4,10,12,14-17H2,1-3H3,(H,23,25);1H. The summed E-state index contributed by atoms with van der Waals surface area (Å²) in [6.45, 7) is 11.2. The Morgan fingerprint density at radius 3 is 2.79 bits per heavy atom. The molecule has 0 saturated carbocycles. The lowest BCUT2D eigenvalue weighted by molar-refractivity contribution is 0.458. The second-order valence-corrected chi connectivity index (χ2v) is 7.85. The minimum absolute atomic E-state index is 0. The van der Waals surface area contributed by atoms with Gasteiger partial charge in [-0.25, -0.2) is 9.98 Å². The Morgan fingerprint density at radius 2 is 2.07 bits per heavy atom. The maximum absolute atomic E-state index is 4.90. The number of nitrogens with one attached hydrogen (secondary N) is 1. The molecule has 1 aliphatic rings. The number of imidazole rings is 1. The van der Waals surface area contributed by atoms with E-state index in [1.165, 1.54) is 12.0 Å². The monoisotopic (exact) mass is 495 g/mol. The number of guanidine groups is 1. The van der Waals surface area contributed by atoms with Gasteiger partial charge < -0.3 is 14.8 Å². The van der Waals surface area contributed by atoms with Crippen LogP contribution in [0, 0.1) is 11.8 Å². The van der Waals surface area contributed by atoms with Crippen LogP contribution in [0.15, 0.2) is 47.7 Å². The zero-order chi connectivity index (χ0) is 19.1. The molecular weight excluding hydrogens is 461 g/mol. The van der Waals surface area contributed by atoms with Crippen LogP contribution in [0.1, 0.15) is 38.6 Å². The van der Waals surface area contributed by atoms with Gasteiger partial charge in [0.05, 0.1) is 0 Å². The molecular formula is C22H34IN5. The number of rotatable bonds is 7. The fraction of sp³-hybridized carbons (Fsp3) is 0.545. The first-order valence-electron chi connectivity index (χ1n) is 10.2. The Balaban J connectivity index is 0.00000280. The zero-order valence-corrected chi connectivity index (χ0v) is 19.7. The van der Waals surface area contributed by atoms with Crippen molar-refractivity contribution in [2.24, 2.45) is 16.8 Å². The average Bonchev–Trinajstić information content (AvgIpc) is 3.29. The van der Waals surface area contributed by atoms with Crippen LogP contribution >= 0.6 is 24.0 Å². The van der Waals surface area contributed by atoms with E-state index in [0.29, 0.717) is 18.4 Å². The summed E-state index contributed by atoms with van der Waals surface area (Å²) in [6.07, 6.45) is 6.31. The van der Waals surface area contributed by atoms with E-state index >= 15 is 0 Å². The van der Waals surface area contributed by atoms with Crippen molar-refractivity contribution in [2.75, 3.05) is 19.6 Å². The summed E-state index contributed by atoms with van der Waals surface area (Å²) in [5.41, 5.74) is 1.43. The first-order chi connectivity index (χ1) is 13.2. The lowest BCUT2D eigenvalue weighted by atomic mass is 9.99. The molecule has 154 valence electrons. The molecule has 0 aliphatic carbocycles. The lowest BCUT2D eigenvalue weighted by Gasteiger charge is -2.22. The van der Waals surface area contributed by atoms with E-state index in [1.54, 1.807) is 0 Å². The van der Waals surface area contributed by atoms with Crippen molar-refractivity contribution in [3.8, 4) is 0 Å². The Morgan fingerprint density at radius 1 is 1.29 bits per heavy atom. The smallest absolute Gasteiger partial charge is 0.194 e. The number of aliphatic imine (C=N–C) groups is 1. The summed E-state index contributed by atoms with van der Waals surface area (Å²) in [5, 5.41) is 3.47. The molecule has 1 saturated heterocycles. The topological polar surface area (TPSA) is 45.5 Å². The van der Waals surface area contributed by atoms with Crippen molar-refractivity contribution in [1.82, 2.24) is 19.8 Å². The molecule has 0 spiro atoms. The number of hydrogen-bond donors (Lipinski definition) is 1. The van der Waals surface area contributed by atoms with Crippen LogP contribution in [0.5, 0.6) is 0 Å². The number of hydrogen-bond acceptors (Lipinski definition) is 2. The van der Waals surface area contributed by atoms with Crippen LogP contribution < -0.4 is 5.32 Å². The summed E-state index contributed by atoms with van der Waals surface area (Å²) in [6, 6.07) is 10.8. The van der Waals surface area contributed by atoms with E-state index in [9.17, 15) is 0 Å². The zero-order valence-electron chi connectivity index (χ0n) is 17.3. The molecule has 6 heteroatoms. The quantitative estimate of drug-likeness (QED) is 0.356. The predicted molar refractivity (Wildman–Crippen MR) is 127 cm³/mol. The van der Waals surface area contributed by atoms with E-state index < -0.39 is 0 Å². The van der Waals surface area contributed by atoms with Crippen LogP contribution in [-0.4, -0.2) is 40.0 Å². The van der Waals surface area contributed by atoms with Gasteiger partial charge in [-0.05, 0) is 37.2 Å². The van der Waals surface area contributed by atoms with E-state index in [1.807, 2.05) is 6.20 Å². The van der Waals surface area contributed by atoms with Gasteiger partial charge in [0.15, 0.2) is 5.96 Å². The summed E-state index contributed by atoms with van der Waals surface area (Å²) >= 11 is 0. The molecule has 1 aliphatic heterocycles. The maximum Gasteiger partial charge on any atom is 0.194 e. The second-order valence-electron chi connectivity index (χ2n) is 7.85. The molecule has 1 unspecified atom stereocenters. The third-order valence-electron chi connectivity index (χ3n) is 5.02. The second kappa shape index (κ2) is 11.4. The SMILES string of the molecule is CCNC(=NCc1nccn1CC(C)C)N1CCC(Cc2ccccc2)C1.I. The molecule has 1 aromatic heterocycles. The highest BCUT2D eigenvalue weighted by molar-refractivity contribution is 14.0. The molecule has 1 fully saturated rings. The Labute approximate surface area is 186 Å². The molecule has 0 bridgehead atoms. The molecule has 1 N–H and O–H groups in total. The third kappa shape index (κ3) is 6.50. The summed E-state index contributed by atoms with van der Waals surface area (Å²) in [5.74, 6) is 3.36. The Hall–Kier alpha value is -1.57. The van der Waals surface area contributed by atoms with Crippen molar-refractivity contribution >= 4 is 29.9 Å². The fourth-order valence-corrected chi connectivity index (χ4v) is 3.76. The molecule has 2 heterocycles. The van der Waals surface area contributed by atoms with Crippen molar-refractivity contribution in [3.05, 3.63) is 54.1 Å². The summed E-state index contributed by atoms with van der Waals surface area (Å²) in [7, 11) is 0. The van der Waals surface area contributed by atoms with Gasteiger partial charge in [0.25, 0.3) is 0 Å². The van der Waals surface area contributed by atoms with Crippen molar-refractivity contribution in [1.29, 1.82) is 0 Å². The molecule has 28 heavy (non-hydrogen) atoms. The average molecular weight is 495 g/mol. The normalized spacial score (nSPS) is 17.1. The largest absolute Gasteiger partial charge is 0.357 e. The molecule has 2 aromatic rings. The van der Waals surface area contributed by atoms with E-state index in [2.05, 4.69) is 77.1 Å². The van der Waals surface area contributed by atoms with Gasteiger partial charge >= 0.3 is 0 Å². The minimum atomic E-state index is 0. The van der Waals surface area contributed by atoms with Crippen LogP contribution in [0.2, 0.25) is 0 Å². The highest BCUT2D eigenvalue weighted by atomic mass is 127. The van der Waals surface area contributed by atoms with Gasteiger partial charge in [-0.2, -0.15) is 0 Å². The molecule has 3 rings (SSSR count). The molecule has 5 nitrogen and oxygen atoms in total. The lowest BCUT2D eigenvalue weighted by Crippen LogP contribution is -2.40. The Kier molecular flexibility index (Phi) is 9.28. The van der Waals surface area contributed by atoms with Crippen LogP contribution in [-0.2, 0) is 19.5 Å². The maximum atomic E-state index is 4.90. The number of aromatic nitrogens is 2. The Bertz CT molecular complexity index is 726. The minimum Gasteiger partial charge on any atom is -0.357 e. The number of benzene rings is 1. The first-order valence-corrected chi connectivity index (χ1v) is 10.2. The van der Waals surface area contributed by atoms with E-state index in [-0.39, 0.29) is 24.0 Å². The van der Waals surface area contributed by atoms with Gasteiger partial charge in [-0.1, -0.05) is 44.2 Å². The number of nitrogens with zero attached hydrogens (tertiary/aromatic N) is 4. The van der Waals surface area contributed by atoms with Gasteiger partial charge in [-0.3, -0.25) is 0 Å². The molecule has 1 aromatic carbocycles. The highest BCUT2D eigenvalue weighted by Crippen LogP contribution is 2.21. The van der Waals surface area contributed by atoms with Gasteiger partial charge in [0.1, 0.15) is 12.4 Å². The van der Waals surface area contributed by atoms with Crippen molar-refractivity contribution in [2.45, 2.75) is 46.7 Å². The highest BCUT2D eigenvalue weighted by Gasteiger charge is 2.25. The van der Waals surface area contributed by atoms with Crippen molar-refractivity contribution < 1.29 is 0 Å². The molecule has 1 atom stereocenters. The summed E-state index contributed by atoms with van der Waals surface area (Å²) < 4.78 is 2.22. The van der Waals surface area contributed by atoms with E-state index in [4.69, 9.17) is 4.99 Å². The van der Waals surface area contributed by atoms with Crippen LogP contribution in [0.3, 0.4) is 0 Å². The molecule has 0 radical (unpaired) electrons. The fourth-order valence-electron chi connectivity index (χ4n) is 3.76. The van der Waals surface area contributed by atoms with Gasteiger partial charge in [0.2, 0.25) is 0 Å². The van der Waals surface area contributed by atoms with Crippen LogP contribution in [0.4, 0.5) is 0 Å². The van der Waals surface area contributed by atoms with E-state index in [0.717, 1.165) is 44.4 Å². The third-order valence-corrected chi connectivity index (χ3v) is 5.02. The first kappa shape index (κ1) is 22.7. The predicted octanol–water partition coefficient (Wildman–Crippen LogP) is 4.19.